The van der Waals surface area contributed by atoms with Crippen LogP contribution in [0.2, 0.25) is 0 Å². The van der Waals surface area contributed by atoms with Gasteiger partial charge < -0.3 is 9.30 Å². The normalized spacial score (nSPS) is 11.3. The van der Waals surface area contributed by atoms with Crippen LogP contribution in [-0.4, -0.2) is 4.57 Å². The van der Waals surface area contributed by atoms with Crippen LogP contribution in [-0.2, 0) is 6.61 Å². The summed E-state index contributed by atoms with van der Waals surface area (Å²) in [5.74, 6) is 0.649. The molecule has 22 heavy (non-hydrogen) atoms. The molecule has 0 amide bonds. The molecule has 0 spiro atoms. The highest BCUT2D eigenvalue weighted by Gasteiger charge is 2.12. The van der Waals surface area contributed by atoms with Crippen LogP contribution in [0.4, 0.5) is 4.39 Å². The Kier molecular flexibility index (Phi) is 3.88. The van der Waals surface area contributed by atoms with Gasteiger partial charge in [-0.25, -0.2) is 4.39 Å². The first-order valence-corrected chi connectivity index (χ1v) is 7.53. The van der Waals surface area contributed by atoms with Crippen molar-refractivity contribution in [1.82, 2.24) is 4.57 Å². The number of aryl methyl sites for hydroxylation is 1. The van der Waals surface area contributed by atoms with E-state index in [0.29, 0.717) is 12.6 Å². The Hall–Kier alpha value is -2.29. The van der Waals surface area contributed by atoms with E-state index in [4.69, 9.17) is 4.74 Å². The summed E-state index contributed by atoms with van der Waals surface area (Å²) in [4.78, 5) is 0. The highest BCUT2D eigenvalue weighted by atomic mass is 19.1. The van der Waals surface area contributed by atoms with Crippen LogP contribution in [0, 0.1) is 12.7 Å². The van der Waals surface area contributed by atoms with E-state index < -0.39 is 0 Å². The first kappa shape index (κ1) is 14.6. The second kappa shape index (κ2) is 5.84. The number of halogens is 1. The highest BCUT2D eigenvalue weighted by Crippen LogP contribution is 2.27. The Bertz CT molecular complexity index is 804. The average molecular weight is 297 g/mol. The lowest BCUT2D eigenvalue weighted by atomic mass is 10.2. The van der Waals surface area contributed by atoms with Gasteiger partial charge in [0.15, 0.2) is 0 Å². The van der Waals surface area contributed by atoms with Gasteiger partial charge in [-0.1, -0.05) is 18.2 Å². The number of ether oxygens (including phenoxy) is 1. The van der Waals surface area contributed by atoms with Gasteiger partial charge in [-0.3, -0.25) is 0 Å². The molecular weight excluding hydrogens is 277 g/mol. The molecule has 0 aliphatic rings. The number of benzene rings is 2. The molecule has 0 aliphatic carbocycles. The average Bonchev–Trinajstić information content (AvgIpc) is 2.84. The molecule has 0 N–H and O–H groups in total. The monoisotopic (exact) mass is 297 g/mol. The van der Waals surface area contributed by atoms with Gasteiger partial charge in [0.05, 0.1) is 0 Å². The molecule has 1 heterocycles. The Morgan fingerprint density at radius 1 is 1.14 bits per heavy atom. The Labute approximate surface area is 130 Å². The molecule has 3 rings (SSSR count). The van der Waals surface area contributed by atoms with E-state index in [1.807, 2.05) is 37.3 Å². The fourth-order valence-corrected chi connectivity index (χ4v) is 2.71. The summed E-state index contributed by atoms with van der Waals surface area (Å²) in [6.07, 6.45) is 2.06. The third kappa shape index (κ3) is 2.71. The smallest absolute Gasteiger partial charge is 0.123 e. The van der Waals surface area contributed by atoms with Gasteiger partial charge in [-0.2, -0.15) is 0 Å². The number of fused-ring (bicyclic) bond motifs is 1. The van der Waals surface area contributed by atoms with Crippen molar-refractivity contribution in [3.63, 3.8) is 0 Å². The van der Waals surface area contributed by atoms with Crippen molar-refractivity contribution in [2.45, 2.75) is 33.4 Å². The Balaban J connectivity index is 1.96. The molecule has 1 aromatic heterocycles. The topological polar surface area (TPSA) is 14.2 Å². The minimum Gasteiger partial charge on any atom is -0.489 e. The van der Waals surface area contributed by atoms with Crippen LogP contribution in [0.15, 0.2) is 48.7 Å². The number of hydrogen-bond acceptors (Lipinski definition) is 1. The van der Waals surface area contributed by atoms with Crippen LogP contribution < -0.4 is 4.74 Å². The maximum atomic E-state index is 13.6. The summed E-state index contributed by atoms with van der Waals surface area (Å²) >= 11 is 0. The molecule has 0 saturated heterocycles. The molecule has 2 nitrogen and oxygen atoms in total. The van der Waals surface area contributed by atoms with E-state index in [-0.39, 0.29) is 5.82 Å². The lowest BCUT2D eigenvalue weighted by Crippen LogP contribution is -1.99. The number of hydrogen-bond donors (Lipinski definition) is 0. The standard InChI is InChI=1S/C19H20FNO/c1-13(2)21-11-15(17-10-16(20)8-9-18(17)21)12-22-19-7-5-4-6-14(19)3/h4-11,13H,12H2,1-3H3. The van der Waals surface area contributed by atoms with Crippen molar-refractivity contribution in [2.24, 2.45) is 0 Å². The van der Waals surface area contributed by atoms with Crippen molar-refractivity contribution in [3.05, 3.63) is 65.6 Å². The van der Waals surface area contributed by atoms with Crippen LogP contribution in [0.5, 0.6) is 5.75 Å². The van der Waals surface area contributed by atoms with Crippen LogP contribution in [0.3, 0.4) is 0 Å². The second-order valence-corrected chi connectivity index (χ2v) is 5.87. The number of para-hydroxylation sites is 1. The summed E-state index contributed by atoms with van der Waals surface area (Å²) in [7, 11) is 0. The molecule has 2 aromatic carbocycles. The SMILES string of the molecule is Cc1ccccc1OCc1cn(C(C)C)c2ccc(F)cc12. The van der Waals surface area contributed by atoms with Gasteiger partial charge in [-0.05, 0) is 50.6 Å². The molecule has 3 heteroatoms. The summed E-state index contributed by atoms with van der Waals surface area (Å²) in [5.41, 5.74) is 3.15. The Morgan fingerprint density at radius 2 is 1.91 bits per heavy atom. The van der Waals surface area contributed by atoms with E-state index in [2.05, 4.69) is 24.6 Å². The van der Waals surface area contributed by atoms with E-state index >= 15 is 0 Å². The molecule has 0 aliphatic heterocycles. The molecule has 114 valence electrons. The molecule has 0 saturated carbocycles. The largest absolute Gasteiger partial charge is 0.489 e. The van der Waals surface area contributed by atoms with E-state index in [9.17, 15) is 4.39 Å². The summed E-state index contributed by atoms with van der Waals surface area (Å²) < 4.78 is 21.7. The molecular formula is C19H20FNO. The molecule has 0 fully saturated rings. The summed E-state index contributed by atoms with van der Waals surface area (Å²) in [6, 6.07) is 13.2. The van der Waals surface area contributed by atoms with Gasteiger partial charge >= 0.3 is 0 Å². The number of rotatable bonds is 4. The maximum Gasteiger partial charge on any atom is 0.123 e. The van der Waals surface area contributed by atoms with Crippen molar-refractivity contribution < 1.29 is 9.13 Å². The van der Waals surface area contributed by atoms with Crippen molar-refractivity contribution in [2.75, 3.05) is 0 Å². The van der Waals surface area contributed by atoms with Gasteiger partial charge in [0, 0.05) is 28.7 Å². The van der Waals surface area contributed by atoms with Crippen LogP contribution in [0.1, 0.15) is 31.0 Å². The first-order chi connectivity index (χ1) is 10.6. The Morgan fingerprint density at radius 3 is 2.64 bits per heavy atom. The zero-order chi connectivity index (χ0) is 15.7. The lowest BCUT2D eigenvalue weighted by molar-refractivity contribution is 0.305. The predicted molar refractivity (Wildman–Crippen MR) is 87.8 cm³/mol. The minimum atomic E-state index is -0.217. The molecule has 0 bridgehead atoms. The molecule has 0 atom stereocenters. The van der Waals surface area contributed by atoms with Crippen LogP contribution in [0.25, 0.3) is 10.9 Å². The van der Waals surface area contributed by atoms with E-state index in [1.54, 1.807) is 6.07 Å². The zero-order valence-corrected chi connectivity index (χ0v) is 13.1. The van der Waals surface area contributed by atoms with E-state index in [0.717, 1.165) is 27.8 Å². The fourth-order valence-electron chi connectivity index (χ4n) is 2.71. The highest BCUT2D eigenvalue weighted by molar-refractivity contribution is 5.84. The quantitative estimate of drug-likeness (QED) is 0.641. The zero-order valence-electron chi connectivity index (χ0n) is 13.1. The van der Waals surface area contributed by atoms with Gasteiger partial charge in [0.2, 0.25) is 0 Å². The van der Waals surface area contributed by atoms with Gasteiger partial charge in [-0.15, -0.1) is 0 Å². The van der Waals surface area contributed by atoms with Crippen LogP contribution >= 0.6 is 0 Å². The third-order valence-electron chi connectivity index (χ3n) is 3.91. The van der Waals surface area contributed by atoms with Gasteiger partial charge in [0.1, 0.15) is 18.2 Å². The lowest BCUT2D eigenvalue weighted by Gasteiger charge is -2.09. The minimum absolute atomic E-state index is 0.217. The molecule has 0 unspecified atom stereocenters. The number of aromatic nitrogens is 1. The summed E-state index contributed by atoms with van der Waals surface area (Å²) in [5, 5.41) is 0.919. The predicted octanol–water partition coefficient (Wildman–Crippen LogP) is 5.25. The third-order valence-corrected chi connectivity index (χ3v) is 3.91. The van der Waals surface area contributed by atoms with Crippen molar-refractivity contribution >= 4 is 10.9 Å². The van der Waals surface area contributed by atoms with Gasteiger partial charge in [0.25, 0.3) is 0 Å². The molecule has 0 radical (unpaired) electrons. The molecule has 3 aromatic rings. The van der Waals surface area contributed by atoms with Crippen molar-refractivity contribution in [3.8, 4) is 5.75 Å². The van der Waals surface area contributed by atoms with E-state index in [1.165, 1.54) is 6.07 Å². The fraction of sp³-hybridized carbons (Fsp3) is 0.263. The maximum absolute atomic E-state index is 13.6. The number of nitrogens with zero attached hydrogens (tertiary/aromatic N) is 1. The summed E-state index contributed by atoms with van der Waals surface area (Å²) in [6.45, 7) is 6.69. The first-order valence-electron chi connectivity index (χ1n) is 7.53. The van der Waals surface area contributed by atoms with Crippen molar-refractivity contribution in [1.29, 1.82) is 0 Å². The second-order valence-electron chi connectivity index (χ2n) is 5.87.